The van der Waals surface area contributed by atoms with Gasteiger partial charge in [-0.05, 0) is 32.0 Å². The summed E-state index contributed by atoms with van der Waals surface area (Å²) in [5.74, 6) is -0.971. The molecule has 5 nitrogen and oxygen atoms in total. The average molecular weight is 326 g/mol. The van der Waals surface area contributed by atoms with Gasteiger partial charge in [-0.3, -0.25) is 0 Å². The van der Waals surface area contributed by atoms with E-state index in [0.717, 1.165) is 4.31 Å². The molecule has 1 fully saturated rings. The monoisotopic (exact) mass is 326 g/mol. The Morgan fingerprint density at radius 3 is 2.48 bits per heavy atom. The summed E-state index contributed by atoms with van der Waals surface area (Å²) < 4.78 is 68.6. The molecule has 2 rings (SSSR count). The predicted molar refractivity (Wildman–Crippen MR) is 69.0 cm³/mol. The molecule has 0 saturated carbocycles. The van der Waals surface area contributed by atoms with Gasteiger partial charge in [0.2, 0.25) is 5.09 Å². The Hall–Kier alpha value is -1.06. The SMILES string of the molecule is CNCc1ccc(S(=O)(=O)N2CCC(C(F)(F)F)CC2)o1. The molecule has 1 N–H and O–H groups in total. The molecule has 1 aliphatic heterocycles. The van der Waals surface area contributed by atoms with Gasteiger partial charge in [-0.15, -0.1) is 0 Å². The standard InChI is InChI=1S/C12H17F3N2O3S/c1-16-8-10-2-3-11(20-10)21(18,19)17-6-4-9(5-7-17)12(13,14)15/h2-3,9,16H,4-8H2,1H3. The number of halogens is 3. The van der Waals surface area contributed by atoms with Crippen molar-refractivity contribution in [2.75, 3.05) is 20.1 Å². The third-order valence-corrected chi connectivity index (χ3v) is 5.27. The van der Waals surface area contributed by atoms with E-state index in [1.807, 2.05) is 0 Å². The van der Waals surface area contributed by atoms with Crippen molar-refractivity contribution in [2.45, 2.75) is 30.7 Å². The number of piperidine rings is 1. The van der Waals surface area contributed by atoms with Crippen LogP contribution in [0.15, 0.2) is 21.6 Å². The van der Waals surface area contributed by atoms with Crippen molar-refractivity contribution >= 4 is 10.0 Å². The van der Waals surface area contributed by atoms with E-state index in [-0.39, 0.29) is 31.0 Å². The lowest BCUT2D eigenvalue weighted by Crippen LogP contribution is -2.41. The molecule has 0 radical (unpaired) electrons. The maximum Gasteiger partial charge on any atom is 0.391 e. The van der Waals surface area contributed by atoms with Gasteiger partial charge in [-0.2, -0.15) is 17.5 Å². The number of nitrogens with zero attached hydrogens (tertiary/aromatic N) is 1. The minimum atomic E-state index is -4.26. The van der Waals surface area contributed by atoms with Crippen molar-refractivity contribution < 1.29 is 26.0 Å². The number of rotatable bonds is 4. The lowest BCUT2D eigenvalue weighted by atomic mass is 9.98. The van der Waals surface area contributed by atoms with E-state index in [2.05, 4.69) is 5.32 Å². The Morgan fingerprint density at radius 1 is 1.33 bits per heavy atom. The third kappa shape index (κ3) is 3.58. The second kappa shape index (κ2) is 5.98. The molecule has 0 aromatic carbocycles. The van der Waals surface area contributed by atoms with Crippen LogP contribution in [0.4, 0.5) is 13.2 Å². The van der Waals surface area contributed by atoms with Crippen LogP contribution in [0, 0.1) is 5.92 Å². The molecule has 120 valence electrons. The lowest BCUT2D eigenvalue weighted by molar-refractivity contribution is -0.182. The Morgan fingerprint density at radius 2 is 1.95 bits per heavy atom. The van der Waals surface area contributed by atoms with Crippen molar-refractivity contribution in [3.05, 3.63) is 17.9 Å². The summed E-state index contributed by atoms with van der Waals surface area (Å²) in [6, 6.07) is 2.86. The summed E-state index contributed by atoms with van der Waals surface area (Å²) in [5.41, 5.74) is 0. The highest BCUT2D eigenvalue weighted by Gasteiger charge is 2.43. The molecule has 9 heteroatoms. The first-order valence-electron chi connectivity index (χ1n) is 6.55. The zero-order chi connectivity index (χ0) is 15.7. The Bertz CT molecular complexity index is 575. The van der Waals surface area contributed by atoms with E-state index in [4.69, 9.17) is 4.42 Å². The number of alkyl halides is 3. The Kier molecular flexibility index (Phi) is 4.64. The highest BCUT2D eigenvalue weighted by atomic mass is 32.2. The van der Waals surface area contributed by atoms with E-state index >= 15 is 0 Å². The number of hydrogen-bond acceptors (Lipinski definition) is 4. The van der Waals surface area contributed by atoms with Gasteiger partial charge >= 0.3 is 6.18 Å². The minimum absolute atomic E-state index is 0.144. The molecule has 0 aliphatic carbocycles. The molecule has 1 aliphatic rings. The van der Waals surface area contributed by atoms with Crippen LogP contribution in [-0.4, -0.2) is 39.0 Å². The van der Waals surface area contributed by atoms with Crippen LogP contribution in [-0.2, 0) is 16.6 Å². The fourth-order valence-electron chi connectivity index (χ4n) is 2.32. The third-order valence-electron chi connectivity index (χ3n) is 3.50. The highest BCUT2D eigenvalue weighted by molar-refractivity contribution is 7.89. The topological polar surface area (TPSA) is 62.6 Å². The zero-order valence-corrected chi connectivity index (χ0v) is 12.3. The van der Waals surface area contributed by atoms with Gasteiger partial charge in [0, 0.05) is 13.1 Å². The van der Waals surface area contributed by atoms with Gasteiger partial charge in [-0.1, -0.05) is 0 Å². The van der Waals surface area contributed by atoms with Crippen LogP contribution < -0.4 is 5.32 Å². The molecule has 21 heavy (non-hydrogen) atoms. The van der Waals surface area contributed by atoms with Crippen molar-refractivity contribution in [2.24, 2.45) is 5.92 Å². The second-order valence-electron chi connectivity index (χ2n) is 4.97. The molecule has 0 amide bonds. The number of hydrogen-bond donors (Lipinski definition) is 1. The quantitative estimate of drug-likeness (QED) is 0.919. The predicted octanol–water partition coefficient (Wildman–Crippen LogP) is 1.96. The van der Waals surface area contributed by atoms with Gasteiger partial charge < -0.3 is 9.73 Å². The van der Waals surface area contributed by atoms with Gasteiger partial charge in [0.1, 0.15) is 5.76 Å². The molecule has 0 unspecified atom stereocenters. The molecular formula is C12H17F3N2O3S. The molecule has 1 saturated heterocycles. The van der Waals surface area contributed by atoms with Crippen LogP contribution in [0.3, 0.4) is 0 Å². The summed E-state index contributed by atoms with van der Waals surface area (Å²) in [5, 5.41) is 2.60. The van der Waals surface area contributed by atoms with Crippen molar-refractivity contribution in [3.8, 4) is 0 Å². The molecule has 1 aromatic heterocycles. The maximum atomic E-state index is 12.6. The molecule has 0 atom stereocenters. The van der Waals surface area contributed by atoms with Crippen LogP contribution >= 0.6 is 0 Å². The van der Waals surface area contributed by atoms with Crippen LogP contribution in [0.25, 0.3) is 0 Å². The van der Waals surface area contributed by atoms with E-state index < -0.39 is 22.1 Å². The van der Waals surface area contributed by atoms with Crippen molar-refractivity contribution in [3.63, 3.8) is 0 Å². The average Bonchev–Trinajstić information content (AvgIpc) is 2.88. The fourth-order valence-corrected chi connectivity index (χ4v) is 3.72. The summed E-state index contributed by atoms with van der Waals surface area (Å²) in [6.45, 7) is 0.0921. The first-order valence-corrected chi connectivity index (χ1v) is 7.99. The van der Waals surface area contributed by atoms with Gasteiger partial charge in [0.25, 0.3) is 10.0 Å². The van der Waals surface area contributed by atoms with Gasteiger partial charge in [0.15, 0.2) is 0 Å². The minimum Gasteiger partial charge on any atom is -0.447 e. The van der Waals surface area contributed by atoms with Crippen molar-refractivity contribution in [1.29, 1.82) is 0 Å². The molecule has 0 bridgehead atoms. The second-order valence-corrected chi connectivity index (χ2v) is 6.84. The summed E-state index contributed by atoms with van der Waals surface area (Å²) in [7, 11) is -2.16. The van der Waals surface area contributed by atoms with E-state index in [1.54, 1.807) is 7.05 Å². The summed E-state index contributed by atoms with van der Waals surface area (Å²) in [4.78, 5) is 0. The maximum absolute atomic E-state index is 12.6. The fraction of sp³-hybridized carbons (Fsp3) is 0.667. The Balaban J connectivity index is 2.07. The van der Waals surface area contributed by atoms with Crippen LogP contribution in [0.5, 0.6) is 0 Å². The first-order chi connectivity index (χ1) is 9.75. The number of sulfonamides is 1. The number of nitrogens with one attached hydrogen (secondary N) is 1. The highest BCUT2D eigenvalue weighted by Crippen LogP contribution is 2.35. The van der Waals surface area contributed by atoms with Gasteiger partial charge in [-0.25, -0.2) is 8.42 Å². The molecule has 0 spiro atoms. The van der Waals surface area contributed by atoms with Crippen LogP contribution in [0.2, 0.25) is 0 Å². The normalized spacial score (nSPS) is 19.0. The smallest absolute Gasteiger partial charge is 0.391 e. The first kappa shape index (κ1) is 16.3. The van der Waals surface area contributed by atoms with E-state index in [0.29, 0.717) is 12.3 Å². The molecular weight excluding hydrogens is 309 g/mol. The van der Waals surface area contributed by atoms with Crippen LogP contribution in [0.1, 0.15) is 18.6 Å². The zero-order valence-electron chi connectivity index (χ0n) is 11.5. The van der Waals surface area contributed by atoms with E-state index in [9.17, 15) is 21.6 Å². The molecule has 1 aromatic rings. The van der Waals surface area contributed by atoms with Crippen molar-refractivity contribution in [1.82, 2.24) is 9.62 Å². The number of furan rings is 1. The summed E-state index contributed by atoms with van der Waals surface area (Å²) >= 11 is 0. The molecule has 2 heterocycles. The van der Waals surface area contributed by atoms with E-state index in [1.165, 1.54) is 12.1 Å². The van der Waals surface area contributed by atoms with Gasteiger partial charge in [0.05, 0.1) is 12.5 Å². The Labute approximate surface area is 121 Å². The lowest BCUT2D eigenvalue weighted by Gasteiger charge is -2.31. The summed E-state index contributed by atoms with van der Waals surface area (Å²) in [6.07, 6.45) is -4.69. The largest absolute Gasteiger partial charge is 0.447 e.